The first kappa shape index (κ1) is 9.38. The first-order valence-corrected chi connectivity index (χ1v) is 4.29. The molecule has 15 heavy (non-hydrogen) atoms. The number of aryl methyl sites for hydroxylation is 1. The Hall–Kier alpha value is -2.18. The molecule has 0 aromatic carbocycles. The highest BCUT2D eigenvalue weighted by molar-refractivity contribution is 5.96. The second kappa shape index (κ2) is 3.52. The van der Waals surface area contributed by atoms with Crippen LogP contribution < -0.4 is 5.73 Å². The van der Waals surface area contributed by atoms with Crippen molar-refractivity contribution in [3.05, 3.63) is 17.8 Å². The van der Waals surface area contributed by atoms with Crippen molar-refractivity contribution in [3.63, 3.8) is 0 Å². The monoisotopic (exact) mass is 208 g/mol. The molecule has 0 saturated carbocycles. The maximum absolute atomic E-state index is 10.9. The molecule has 2 aromatic heterocycles. The second-order valence-corrected chi connectivity index (χ2v) is 2.81. The van der Waals surface area contributed by atoms with E-state index in [1.54, 1.807) is 0 Å². The summed E-state index contributed by atoms with van der Waals surface area (Å²) in [5.41, 5.74) is 5.43. The fraction of sp³-hybridized carbons (Fsp3) is 0.250. The number of carbonyl (C=O) groups excluding carboxylic acids is 1. The minimum atomic E-state index is -0.693. The van der Waals surface area contributed by atoms with Gasteiger partial charge in [-0.25, -0.2) is 0 Å². The number of primary amides is 1. The van der Waals surface area contributed by atoms with E-state index in [4.69, 9.17) is 10.3 Å². The summed E-state index contributed by atoms with van der Waals surface area (Å²) in [5.74, 6) is 0.0325. The number of amides is 1. The SMILES string of the molecule is CCc1nc(-c2conc2C(N)=O)no1. The van der Waals surface area contributed by atoms with Crippen molar-refractivity contribution >= 4 is 5.91 Å². The zero-order valence-corrected chi connectivity index (χ0v) is 7.93. The minimum Gasteiger partial charge on any atom is -0.364 e. The van der Waals surface area contributed by atoms with Crippen LogP contribution in [0.4, 0.5) is 0 Å². The van der Waals surface area contributed by atoms with Gasteiger partial charge in [0.25, 0.3) is 5.91 Å². The van der Waals surface area contributed by atoms with Crippen LogP contribution in [0.2, 0.25) is 0 Å². The summed E-state index contributed by atoms with van der Waals surface area (Å²) in [6.45, 7) is 1.87. The molecular formula is C8H8N4O3. The lowest BCUT2D eigenvalue weighted by Gasteiger charge is -1.88. The molecule has 7 nitrogen and oxygen atoms in total. The largest absolute Gasteiger partial charge is 0.364 e. The van der Waals surface area contributed by atoms with E-state index in [1.165, 1.54) is 6.26 Å². The van der Waals surface area contributed by atoms with Crippen LogP contribution in [-0.2, 0) is 6.42 Å². The van der Waals surface area contributed by atoms with E-state index in [0.29, 0.717) is 17.9 Å². The van der Waals surface area contributed by atoms with Gasteiger partial charge in [-0.15, -0.1) is 0 Å². The molecule has 0 saturated heterocycles. The summed E-state index contributed by atoms with van der Waals surface area (Å²) in [6, 6.07) is 0. The Balaban J connectivity index is 2.44. The molecule has 2 heterocycles. The molecular weight excluding hydrogens is 200 g/mol. The van der Waals surface area contributed by atoms with Gasteiger partial charge in [0.15, 0.2) is 5.69 Å². The molecule has 7 heteroatoms. The molecule has 0 radical (unpaired) electrons. The molecule has 0 unspecified atom stereocenters. The molecule has 1 amide bonds. The van der Waals surface area contributed by atoms with Crippen LogP contribution in [0.15, 0.2) is 15.3 Å². The van der Waals surface area contributed by atoms with E-state index in [9.17, 15) is 4.79 Å². The number of carbonyl (C=O) groups is 1. The van der Waals surface area contributed by atoms with E-state index < -0.39 is 5.91 Å². The molecule has 2 rings (SSSR count). The summed E-state index contributed by atoms with van der Waals surface area (Å²) in [4.78, 5) is 15.0. The van der Waals surface area contributed by atoms with E-state index in [-0.39, 0.29) is 11.5 Å². The Morgan fingerprint density at radius 1 is 1.53 bits per heavy atom. The molecule has 0 aliphatic carbocycles. The van der Waals surface area contributed by atoms with Crippen molar-refractivity contribution in [2.45, 2.75) is 13.3 Å². The molecule has 2 aromatic rings. The number of nitrogens with two attached hydrogens (primary N) is 1. The van der Waals surface area contributed by atoms with E-state index in [1.807, 2.05) is 6.92 Å². The number of rotatable bonds is 3. The van der Waals surface area contributed by atoms with Gasteiger partial charge in [0.2, 0.25) is 11.7 Å². The number of nitrogens with zero attached hydrogens (tertiary/aromatic N) is 3. The zero-order valence-electron chi connectivity index (χ0n) is 7.93. The van der Waals surface area contributed by atoms with E-state index in [0.717, 1.165) is 0 Å². The summed E-state index contributed by atoms with van der Waals surface area (Å²) >= 11 is 0. The van der Waals surface area contributed by atoms with Gasteiger partial charge in [-0.2, -0.15) is 4.98 Å². The normalized spacial score (nSPS) is 10.5. The Morgan fingerprint density at radius 2 is 2.33 bits per heavy atom. The van der Waals surface area contributed by atoms with Crippen molar-refractivity contribution in [1.29, 1.82) is 0 Å². The van der Waals surface area contributed by atoms with E-state index in [2.05, 4.69) is 19.8 Å². The maximum atomic E-state index is 10.9. The molecule has 0 aliphatic heterocycles. The third kappa shape index (κ3) is 1.58. The Bertz CT molecular complexity index is 488. The number of hydrogen-bond donors (Lipinski definition) is 1. The van der Waals surface area contributed by atoms with Gasteiger partial charge in [-0.1, -0.05) is 17.2 Å². The molecule has 0 fully saturated rings. The lowest BCUT2D eigenvalue weighted by Crippen LogP contribution is -2.12. The van der Waals surface area contributed by atoms with Gasteiger partial charge in [0.05, 0.1) is 5.56 Å². The van der Waals surface area contributed by atoms with Crippen molar-refractivity contribution in [2.24, 2.45) is 5.73 Å². The fourth-order valence-electron chi connectivity index (χ4n) is 1.08. The standard InChI is InChI=1S/C8H8N4O3/c1-2-5-10-8(12-15-5)4-3-14-11-6(4)7(9)13/h3H,2H2,1H3,(H2,9,13). The van der Waals surface area contributed by atoms with Crippen molar-refractivity contribution in [2.75, 3.05) is 0 Å². The number of aromatic nitrogens is 3. The highest BCUT2D eigenvalue weighted by Gasteiger charge is 2.19. The maximum Gasteiger partial charge on any atom is 0.271 e. The lowest BCUT2D eigenvalue weighted by molar-refractivity contribution is 0.0992. The highest BCUT2D eigenvalue weighted by Crippen LogP contribution is 2.19. The fourth-order valence-corrected chi connectivity index (χ4v) is 1.08. The van der Waals surface area contributed by atoms with Crippen molar-refractivity contribution in [3.8, 4) is 11.4 Å². The third-order valence-corrected chi connectivity index (χ3v) is 1.81. The highest BCUT2D eigenvalue weighted by atomic mass is 16.5. The van der Waals surface area contributed by atoms with Crippen LogP contribution in [0, 0.1) is 0 Å². The molecule has 0 atom stereocenters. The minimum absolute atomic E-state index is 0.00143. The van der Waals surface area contributed by atoms with Crippen LogP contribution in [0.25, 0.3) is 11.4 Å². The summed E-state index contributed by atoms with van der Waals surface area (Å²) in [5, 5.41) is 7.13. The second-order valence-electron chi connectivity index (χ2n) is 2.81. The molecule has 2 N–H and O–H groups in total. The van der Waals surface area contributed by atoms with Crippen LogP contribution in [0.3, 0.4) is 0 Å². The first-order chi connectivity index (χ1) is 7.22. The van der Waals surface area contributed by atoms with Crippen LogP contribution in [0.5, 0.6) is 0 Å². The predicted octanol–water partition coefficient (Wildman–Crippen LogP) is 0.386. The summed E-state index contributed by atoms with van der Waals surface area (Å²) in [7, 11) is 0. The van der Waals surface area contributed by atoms with Crippen molar-refractivity contribution < 1.29 is 13.8 Å². The van der Waals surface area contributed by atoms with Crippen LogP contribution in [-0.4, -0.2) is 21.2 Å². The Morgan fingerprint density at radius 3 is 2.93 bits per heavy atom. The zero-order chi connectivity index (χ0) is 10.8. The van der Waals surface area contributed by atoms with Gasteiger partial charge in [-0.3, -0.25) is 4.79 Å². The van der Waals surface area contributed by atoms with Gasteiger partial charge >= 0.3 is 0 Å². The van der Waals surface area contributed by atoms with Crippen molar-refractivity contribution in [1.82, 2.24) is 15.3 Å². The molecule has 78 valence electrons. The molecule has 0 aliphatic rings. The Labute approximate surface area is 84.2 Å². The third-order valence-electron chi connectivity index (χ3n) is 1.81. The number of hydrogen-bond acceptors (Lipinski definition) is 6. The topological polar surface area (TPSA) is 108 Å². The predicted molar refractivity (Wildman–Crippen MR) is 47.7 cm³/mol. The average Bonchev–Trinajstić information content (AvgIpc) is 2.85. The van der Waals surface area contributed by atoms with Gasteiger partial charge < -0.3 is 14.8 Å². The van der Waals surface area contributed by atoms with E-state index >= 15 is 0 Å². The quantitative estimate of drug-likeness (QED) is 0.781. The average molecular weight is 208 g/mol. The van der Waals surface area contributed by atoms with Gasteiger partial charge in [-0.05, 0) is 0 Å². The molecule has 0 spiro atoms. The van der Waals surface area contributed by atoms with Gasteiger partial charge in [0.1, 0.15) is 6.26 Å². The van der Waals surface area contributed by atoms with Crippen LogP contribution >= 0.6 is 0 Å². The Kier molecular flexibility index (Phi) is 2.20. The van der Waals surface area contributed by atoms with Crippen LogP contribution in [0.1, 0.15) is 23.3 Å². The van der Waals surface area contributed by atoms with Gasteiger partial charge in [0, 0.05) is 6.42 Å². The lowest BCUT2D eigenvalue weighted by atomic mass is 10.2. The summed E-state index contributed by atoms with van der Waals surface area (Å²) < 4.78 is 9.52. The first-order valence-electron chi connectivity index (χ1n) is 4.29. The molecule has 0 bridgehead atoms. The summed E-state index contributed by atoms with van der Waals surface area (Å²) in [6.07, 6.45) is 1.87. The smallest absolute Gasteiger partial charge is 0.271 e.